The summed E-state index contributed by atoms with van der Waals surface area (Å²) in [6.45, 7) is 2.47. The number of carbonyl (C=O) groups excluding carboxylic acids is 1. The van der Waals surface area contributed by atoms with Crippen molar-refractivity contribution in [1.82, 2.24) is 4.98 Å². The van der Waals surface area contributed by atoms with Gasteiger partial charge in [-0.2, -0.15) is 0 Å². The predicted molar refractivity (Wildman–Crippen MR) is 76.8 cm³/mol. The van der Waals surface area contributed by atoms with Crippen LogP contribution in [0.4, 0.5) is 5.69 Å². The molecule has 2 aromatic rings. The number of hydrogen-bond acceptors (Lipinski definition) is 4. The first-order chi connectivity index (χ1) is 10.1. The number of carboxylic acid groups (broad SMARTS) is 1. The summed E-state index contributed by atoms with van der Waals surface area (Å²) in [7, 11) is 0. The van der Waals surface area contributed by atoms with Crippen molar-refractivity contribution < 1.29 is 19.4 Å². The lowest BCUT2D eigenvalue weighted by molar-refractivity contribution is 0.0696. The molecule has 6 heteroatoms. The Balaban J connectivity index is 2.05. The second-order valence-electron chi connectivity index (χ2n) is 4.15. The van der Waals surface area contributed by atoms with Gasteiger partial charge in [0.15, 0.2) is 0 Å². The van der Waals surface area contributed by atoms with Crippen LogP contribution in [0.5, 0.6) is 5.75 Å². The van der Waals surface area contributed by atoms with Crippen LogP contribution in [0.1, 0.15) is 27.8 Å². The SMILES string of the molecule is CCOc1ccc(NC(=O)c2ccc(C(=O)O)cn2)cc1. The van der Waals surface area contributed by atoms with Crippen molar-refractivity contribution in [3.8, 4) is 5.75 Å². The lowest BCUT2D eigenvalue weighted by Gasteiger charge is -2.07. The summed E-state index contributed by atoms with van der Waals surface area (Å²) in [6.07, 6.45) is 1.15. The molecule has 2 N–H and O–H groups in total. The van der Waals surface area contributed by atoms with Crippen LogP contribution in [-0.2, 0) is 0 Å². The van der Waals surface area contributed by atoms with Crippen molar-refractivity contribution in [2.45, 2.75) is 6.92 Å². The van der Waals surface area contributed by atoms with Gasteiger partial charge in [0.2, 0.25) is 0 Å². The third kappa shape index (κ3) is 3.79. The van der Waals surface area contributed by atoms with E-state index in [1.165, 1.54) is 12.1 Å². The third-order valence-electron chi connectivity index (χ3n) is 2.67. The number of anilines is 1. The summed E-state index contributed by atoms with van der Waals surface area (Å²) in [5.41, 5.74) is 0.786. The van der Waals surface area contributed by atoms with Crippen molar-refractivity contribution in [3.63, 3.8) is 0 Å². The number of nitrogens with one attached hydrogen (secondary N) is 1. The number of pyridine rings is 1. The smallest absolute Gasteiger partial charge is 0.337 e. The minimum absolute atomic E-state index is 0.0348. The zero-order valence-electron chi connectivity index (χ0n) is 11.4. The summed E-state index contributed by atoms with van der Waals surface area (Å²) >= 11 is 0. The third-order valence-corrected chi connectivity index (χ3v) is 2.67. The summed E-state index contributed by atoms with van der Waals surface area (Å²) in [5, 5.41) is 11.4. The maximum Gasteiger partial charge on any atom is 0.337 e. The Labute approximate surface area is 121 Å². The average molecular weight is 286 g/mol. The molecule has 0 saturated carbocycles. The molecule has 21 heavy (non-hydrogen) atoms. The lowest BCUT2D eigenvalue weighted by atomic mass is 10.2. The molecule has 0 aliphatic rings. The van der Waals surface area contributed by atoms with Crippen LogP contribution in [0.2, 0.25) is 0 Å². The molecule has 1 amide bonds. The summed E-state index contributed by atoms with van der Waals surface area (Å²) in [5.74, 6) is -0.767. The number of benzene rings is 1. The van der Waals surface area contributed by atoms with Crippen LogP contribution < -0.4 is 10.1 Å². The molecule has 0 aliphatic carbocycles. The second kappa shape index (κ2) is 6.51. The number of aromatic carboxylic acids is 1. The maximum absolute atomic E-state index is 12.0. The molecule has 0 fully saturated rings. The van der Waals surface area contributed by atoms with E-state index in [0.717, 1.165) is 11.9 Å². The Bertz CT molecular complexity index is 636. The van der Waals surface area contributed by atoms with Gasteiger partial charge in [-0.3, -0.25) is 9.78 Å². The predicted octanol–water partition coefficient (Wildman–Crippen LogP) is 2.43. The Morgan fingerprint density at radius 1 is 1.19 bits per heavy atom. The van der Waals surface area contributed by atoms with Gasteiger partial charge in [-0.1, -0.05) is 0 Å². The zero-order valence-corrected chi connectivity index (χ0v) is 11.4. The number of rotatable bonds is 5. The van der Waals surface area contributed by atoms with Crippen LogP contribution >= 0.6 is 0 Å². The number of amides is 1. The highest BCUT2D eigenvalue weighted by Crippen LogP contribution is 2.16. The Morgan fingerprint density at radius 3 is 2.43 bits per heavy atom. The lowest BCUT2D eigenvalue weighted by Crippen LogP contribution is -2.14. The fraction of sp³-hybridized carbons (Fsp3) is 0.133. The molecule has 0 spiro atoms. The van der Waals surface area contributed by atoms with Crippen LogP contribution in [0.3, 0.4) is 0 Å². The van der Waals surface area contributed by atoms with E-state index in [1.807, 2.05) is 6.92 Å². The van der Waals surface area contributed by atoms with E-state index in [1.54, 1.807) is 24.3 Å². The molecule has 0 radical (unpaired) electrons. The fourth-order valence-corrected chi connectivity index (χ4v) is 1.65. The summed E-state index contributed by atoms with van der Waals surface area (Å²) < 4.78 is 5.31. The standard InChI is InChI=1S/C15H14N2O4/c1-2-21-12-6-4-11(5-7-12)17-14(18)13-8-3-10(9-16-13)15(19)20/h3-9H,2H2,1H3,(H,17,18)(H,19,20). The van der Waals surface area contributed by atoms with E-state index in [9.17, 15) is 9.59 Å². The second-order valence-corrected chi connectivity index (χ2v) is 4.15. The minimum atomic E-state index is -1.08. The molecule has 0 saturated heterocycles. The van der Waals surface area contributed by atoms with Crippen LogP contribution in [0.15, 0.2) is 42.6 Å². The van der Waals surface area contributed by atoms with E-state index in [4.69, 9.17) is 9.84 Å². The molecule has 2 rings (SSSR count). The van der Waals surface area contributed by atoms with Gasteiger partial charge >= 0.3 is 5.97 Å². The minimum Gasteiger partial charge on any atom is -0.494 e. The van der Waals surface area contributed by atoms with Crippen molar-refractivity contribution >= 4 is 17.6 Å². The normalized spacial score (nSPS) is 9.95. The molecule has 0 bridgehead atoms. The Morgan fingerprint density at radius 2 is 1.90 bits per heavy atom. The number of carbonyl (C=O) groups is 2. The number of ether oxygens (including phenoxy) is 1. The Hall–Kier alpha value is -2.89. The van der Waals surface area contributed by atoms with Crippen molar-refractivity contribution in [3.05, 3.63) is 53.9 Å². The van der Waals surface area contributed by atoms with E-state index in [-0.39, 0.29) is 11.3 Å². The topological polar surface area (TPSA) is 88.5 Å². The molecule has 0 unspecified atom stereocenters. The average Bonchev–Trinajstić information content (AvgIpc) is 2.49. The van der Waals surface area contributed by atoms with Crippen molar-refractivity contribution in [2.24, 2.45) is 0 Å². The van der Waals surface area contributed by atoms with Crippen molar-refractivity contribution in [1.29, 1.82) is 0 Å². The van der Waals surface area contributed by atoms with Gasteiger partial charge in [0.1, 0.15) is 11.4 Å². The fourth-order valence-electron chi connectivity index (χ4n) is 1.65. The number of carboxylic acids is 1. The van der Waals surface area contributed by atoms with Crippen molar-refractivity contribution in [2.75, 3.05) is 11.9 Å². The van der Waals surface area contributed by atoms with E-state index < -0.39 is 11.9 Å². The molecule has 1 aromatic carbocycles. The van der Waals surface area contributed by atoms with Crippen LogP contribution in [0, 0.1) is 0 Å². The Kier molecular flexibility index (Phi) is 4.50. The molecule has 108 valence electrons. The molecular formula is C15H14N2O4. The number of hydrogen-bond donors (Lipinski definition) is 2. The number of nitrogens with zero attached hydrogens (tertiary/aromatic N) is 1. The number of aromatic nitrogens is 1. The molecule has 1 aromatic heterocycles. The molecule has 6 nitrogen and oxygen atoms in total. The van der Waals surface area contributed by atoms with Gasteiger partial charge in [0, 0.05) is 11.9 Å². The molecule has 0 atom stereocenters. The van der Waals surface area contributed by atoms with Crippen LogP contribution in [-0.4, -0.2) is 28.6 Å². The summed E-state index contributed by atoms with van der Waals surface area (Å²) in [6, 6.07) is 9.64. The van der Waals surface area contributed by atoms with Gasteiger partial charge in [0.25, 0.3) is 5.91 Å². The van der Waals surface area contributed by atoms with Gasteiger partial charge in [-0.05, 0) is 43.3 Å². The first kappa shape index (κ1) is 14.5. The highest BCUT2D eigenvalue weighted by atomic mass is 16.5. The van der Waals surface area contributed by atoms with E-state index in [2.05, 4.69) is 10.3 Å². The van der Waals surface area contributed by atoms with Crippen LogP contribution in [0.25, 0.3) is 0 Å². The first-order valence-electron chi connectivity index (χ1n) is 6.33. The highest BCUT2D eigenvalue weighted by molar-refractivity contribution is 6.03. The quantitative estimate of drug-likeness (QED) is 0.881. The highest BCUT2D eigenvalue weighted by Gasteiger charge is 2.09. The molecular weight excluding hydrogens is 272 g/mol. The monoisotopic (exact) mass is 286 g/mol. The van der Waals surface area contributed by atoms with Gasteiger partial charge in [0.05, 0.1) is 12.2 Å². The van der Waals surface area contributed by atoms with Gasteiger partial charge in [-0.15, -0.1) is 0 Å². The first-order valence-corrected chi connectivity index (χ1v) is 6.33. The molecule has 0 aliphatic heterocycles. The molecule has 1 heterocycles. The zero-order chi connectivity index (χ0) is 15.2. The van der Waals surface area contributed by atoms with E-state index >= 15 is 0 Å². The largest absolute Gasteiger partial charge is 0.494 e. The van der Waals surface area contributed by atoms with Gasteiger partial charge < -0.3 is 15.2 Å². The van der Waals surface area contributed by atoms with E-state index in [0.29, 0.717) is 12.3 Å². The summed E-state index contributed by atoms with van der Waals surface area (Å²) in [4.78, 5) is 26.5. The maximum atomic E-state index is 12.0. The van der Waals surface area contributed by atoms with Gasteiger partial charge in [-0.25, -0.2) is 4.79 Å².